The fourth-order valence-electron chi connectivity index (χ4n) is 2.49. The van der Waals surface area contributed by atoms with Gasteiger partial charge in [-0.3, -0.25) is 4.79 Å². The molecular formula is C15H21NO3. The third kappa shape index (κ3) is 3.70. The van der Waals surface area contributed by atoms with E-state index in [0.29, 0.717) is 5.75 Å². The lowest BCUT2D eigenvalue weighted by molar-refractivity contribution is -0.125. The largest absolute Gasteiger partial charge is 0.484 e. The summed E-state index contributed by atoms with van der Waals surface area (Å²) in [6.07, 6.45) is 3.80. The molecule has 1 saturated carbocycles. The summed E-state index contributed by atoms with van der Waals surface area (Å²) >= 11 is 0. The highest BCUT2D eigenvalue weighted by atomic mass is 16.5. The first-order valence-corrected chi connectivity index (χ1v) is 6.75. The molecule has 19 heavy (non-hydrogen) atoms. The van der Waals surface area contributed by atoms with Gasteiger partial charge in [-0.2, -0.15) is 0 Å². The Kier molecular flexibility index (Phi) is 4.43. The number of nitrogens with one attached hydrogen (secondary N) is 1. The molecule has 2 rings (SSSR count). The molecule has 4 nitrogen and oxygen atoms in total. The molecule has 0 bridgehead atoms. The van der Waals surface area contributed by atoms with Gasteiger partial charge >= 0.3 is 0 Å². The number of hydrogen-bond donors (Lipinski definition) is 2. The number of aryl methyl sites for hydroxylation is 1. The highest BCUT2D eigenvalue weighted by molar-refractivity contribution is 5.78. The van der Waals surface area contributed by atoms with Crippen LogP contribution >= 0.6 is 0 Å². The minimum absolute atomic E-state index is 0.00325. The molecule has 0 aromatic heterocycles. The third-order valence-corrected chi connectivity index (χ3v) is 3.66. The van der Waals surface area contributed by atoms with E-state index in [1.807, 2.05) is 31.2 Å². The fourth-order valence-corrected chi connectivity index (χ4v) is 2.49. The zero-order chi connectivity index (χ0) is 13.7. The number of amides is 1. The van der Waals surface area contributed by atoms with Crippen LogP contribution in [0.15, 0.2) is 24.3 Å². The predicted octanol–water partition coefficient (Wildman–Crippen LogP) is 1.80. The zero-order valence-electron chi connectivity index (χ0n) is 11.3. The van der Waals surface area contributed by atoms with E-state index in [4.69, 9.17) is 4.74 Å². The molecule has 1 fully saturated rings. The lowest BCUT2D eigenvalue weighted by Gasteiger charge is -2.27. The molecule has 0 unspecified atom stereocenters. The van der Waals surface area contributed by atoms with E-state index in [1.54, 1.807) is 0 Å². The van der Waals surface area contributed by atoms with E-state index >= 15 is 0 Å². The number of carbonyl (C=O) groups excluding carboxylic acids is 1. The Bertz CT molecular complexity index is 422. The molecule has 1 amide bonds. The van der Waals surface area contributed by atoms with Gasteiger partial charge in [0.05, 0.1) is 12.1 Å². The van der Waals surface area contributed by atoms with Gasteiger partial charge in [0.1, 0.15) is 5.75 Å². The number of benzene rings is 1. The van der Waals surface area contributed by atoms with Gasteiger partial charge in [-0.15, -0.1) is 0 Å². The minimum atomic E-state index is -0.423. The van der Waals surface area contributed by atoms with Crippen molar-refractivity contribution >= 4 is 5.91 Å². The van der Waals surface area contributed by atoms with Crippen LogP contribution in [0.3, 0.4) is 0 Å². The summed E-state index contributed by atoms with van der Waals surface area (Å²) in [7, 11) is 0. The second kappa shape index (κ2) is 6.06. The SMILES string of the molecule is Cc1ccc(OCC(=O)NC2(CO)CCCC2)cc1. The molecule has 1 aromatic carbocycles. The summed E-state index contributed by atoms with van der Waals surface area (Å²) in [6.45, 7) is 2.00. The lowest BCUT2D eigenvalue weighted by Crippen LogP contribution is -2.50. The highest BCUT2D eigenvalue weighted by Gasteiger charge is 2.34. The Morgan fingerprint density at radius 2 is 1.95 bits per heavy atom. The molecule has 0 atom stereocenters. The fraction of sp³-hybridized carbons (Fsp3) is 0.533. The average molecular weight is 263 g/mol. The van der Waals surface area contributed by atoms with Gasteiger partial charge in [-0.05, 0) is 31.9 Å². The van der Waals surface area contributed by atoms with Crippen LogP contribution in [-0.4, -0.2) is 29.8 Å². The maximum absolute atomic E-state index is 11.9. The van der Waals surface area contributed by atoms with Gasteiger partial charge in [0, 0.05) is 0 Å². The Labute approximate surface area is 113 Å². The summed E-state index contributed by atoms with van der Waals surface area (Å²) in [5, 5.41) is 12.3. The van der Waals surface area contributed by atoms with Crippen molar-refractivity contribution in [2.75, 3.05) is 13.2 Å². The van der Waals surface area contributed by atoms with E-state index in [0.717, 1.165) is 31.2 Å². The molecule has 1 aliphatic carbocycles. The van der Waals surface area contributed by atoms with Gasteiger partial charge in [0.2, 0.25) is 0 Å². The molecule has 104 valence electrons. The van der Waals surface area contributed by atoms with Gasteiger partial charge in [0.25, 0.3) is 5.91 Å². The summed E-state index contributed by atoms with van der Waals surface area (Å²) in [5.74, 6) is 0.516. The number of carbonyl (C=O) groups is 1. The minimum Gasteiger partial charge on any atom is -0.484 e. The second-order valence-corrected chi connectivity index (χ2v) is 5.30. The number of aliphatic hydroxyl groups is 1. The van der Waals surface area contributed by atoms with Gasteiger partial charge < -0.3 is 15.2 Å². The van der Waals surface area contributed by atoms with Crippen LogP contribution in [0.25, 0.3) is 0 Å². The Morgan fingerprint density at radius 3 is 2.53 bits per heavy atom. The molecule has 0 spiro atoms. The van der Waals surface area contributed by atoms with Crippen molar-refractivity contribution in [2.24, 2.45) is 0 Å². The summed E-state index contributed by atoms with van der Waals surface area (Å²) < 4.78 is 5.43. The van der Waals surface area contributed by atoms with E-state index in [2.05, 4.69) is 5.32 Å². The Hall–Kier alpha value is -1.55. The normalized spacial score (nSPS) is 17.2. The predicted molar refractivity (Wildman–Crippen MR) is 73.1 cm³/mol. The van der Waals surface area contributed by atoms with Crippen molar-refractivity contribution in [1.82, 2.24) is 5.32 Å². The van der Waals surface area contributed by atoms with Crippen LogP contribution in [0.4, 0.5) is 0 Å². The average Bonchev–Trinajstić information content (AvgIpc) is 2.87. The zero-order valence-corrected chi connectivity index (χ0v) is 11.3. The molecule has 0 aliphatic heterocycles. The van der Waals surface area contributed by atoms with Crippen molar-refractivity contribution < 1.29 is 14.6 Å². The maximum atomic E-state index is 11.9. The van der Waals surface area contributed by atoms with Gasteiger partial charge in [-0.25, -0.2) is 0 Å². The molecule has 0 radical (unpaired) electrons. The maximum Gasteiger partial charge on any atom is 0.258 e. The summed E-state index contributed by atoms with van der Waals surface area (Å²) in [5.41, 5.74) is 0.732. The topological polar surface area (TPSA) is 58.6 Å². The van der Waals surface area contributed by atoms with E-state index in [-0.39, 0.29) is 19.1 Å². The molecule has 1 aromatic rings. The number of aliphatic hydroxyl groups excluding tert-OH is 1. The quantitative estimate of drug-likeness (QED) is 0.851. The van der Waals surface area contributed by atoms with Crippen LogP contribution in [0.1, 0.15) is 31.2 Å². The van der Waals surface area contributed by atoms with Crippen molar-refractivity contribution in [3.63, 3.8) is 0 Å². The van der Waals surface area contributed by atoms with Crippen molar-refractivity contribution in [3.05, 3.63) is 29.8 Å². The molecule has 0 saturated heterocycles. The van der Waals surface area contributed by atoms with Crippen molar-refractivity contribution in [2.45, 2.75) is 38.1 Å². The number of rotatable bonds is 5. The Balaban J connectivity index is 1.82. The number of ether oxygens (including phenoxy) is 1. The molecular weight excluding hydrogens is 242 g/mol. The summed E-state index contributed by atoms with van der Waals surface area (Å²) in [4.78, 5) is 11.9. The number of hydrogen-bond acceptors (Lipinski definition) is 3. The van der Waals surface area contributed by atoms with Crippen LogP contribution in [0.2, 0.25) is 0 Å². The molecule has 2 N–H and O–H groups in total. The van der Waals surface area contributed by atoms with Gasteiger partial charge in [-0.1, -0.05) is 30.5 Å². The Morgan fingerprint density at radius 1 is 1.32 bits per heavy atom. The van der Waals surface area contributed by atoms with Crippen LogP contribution in [0, 0.1) is 6.92 Å². The molecule has 0 heterocycles. The first-order chi connectivity index (χ1) is 9.13. The van der Waals surface area contributed by atoms with E-state index in [1.165, 1.54) is 0 Å². The van der Waals surface area contributed by atoms with E-state index < -0.39 is 5.54 Å². The van der Waals surface area contributed by atoms with Gasteiger partial charge in [0.15, 0.2) is 6.61 Å². The van der Waals surface area contributed by atoms with E-state index in [9.17, 15) is 9.90 Å². The molecule has 1 aliphatic rings. The van der Waals surface area contributed by atoms with Crippen LogP contribution < -0.4 is 10.1 Å². The van der Waals surface area contributed by atoms with Crippen molar-refractivity contribution in [3.8, 4) is 5.75 Å². The highest BCUT2D eigenvalue weighted by Crippen LogP contribution is 2.28. The molecule has 4 heteroatoms. The summed E-state index contributed by atoms with van der Waals surface area (Å²) in [6, 6.07) is 7.58. The lowest BCUT2D eigenvalue weighted by atomic mass is 9.99. The standard InChI is InChI=1S/C15H21NO3/c1-12-4-6-13(7-5-12)19-10-14(18)16-15(11-17)8-2-3-9-15/h4-7,17H,2-3,8-11H2,1H3,(H,16,18). The van der Waals surface area contributed by atoms with Crippen LogP contribution in [-0.2, 0) is 4.79 Å². The second-order valence-electron chi connectivity index (χ2n) is 5.30. The monoisotopic (exact) mass is 263 g/mol. The first kappa shape index (κ1) is 13.9. The first-order valence-electron chi connectivity index (χ1n) is 6.75. The third-order valence-electron chi connectivity index (χ3n) is 3.66. The van der Waals surface area contributed by atoms with Crippen molar-refractivity contribution in [1.29, 1.82) is 0 Å². The smallest absolute Gasteiger partial charge is 0.258 e. The van der Waals surface area contributed by atoms with Crippen LogP contribution in [0.5, 0.6) is 5.75 Å².